The largest absolute Gasteiger partial charge is 0.454 e. The summed E-state index contributed by atoms with van der Waals surface area (Å²) in [6.07, 6.45) is 1.97. The Morgan fingerprint density at radius 2 is 1.57 bits per heavy atom. The van der Waals surface area contributed by atoms with Crippen molar-refractivity contribution in [1.82, 2.24) is 16.2 Å². The summed E-state index contributed by atoms with van der Waals surface area (Å²) in [5, 5.41) is 5.48. The minimum atomic E-state index is -0.514. The Morgan fingerprint density at radius 3 is 2.32 bits per heavy atom. The van der Waals surface area contributed by atoms with E-state index >= 15 is 0 Å². The average Bonchev–Trinajstić information content (AvgIpc) is 3.38. The molecule has 1 aliphatic carbocycles. The van der Waals surface area contributed by atoms with Crippen LogP contribution in [0.1, 0.15) is 33.6 Å². The molecule has 4 amide bonds. The normalized spacial score (nSPS) is 14.1. The Labute approximate surface area is 160 Å². The van der Waals surface area contributed by atoms with E-state index in [1.807, 2.05) is 0 Å². The van der Waals surface area contributed by atoms with E-state index in [9.17, 15) is 14.4 Å². The number of anilines is 1. The zero-order valence-electron chi connectivity index (χ0n) is 14.8. The van der Waals surface area contributed by atoms with Crippen LogP contribution in [0.2, 0.25) is 0 Å². The quantitative estimate of drug-likeness (QED) is 0.601. The lowest BCUT2D eigenvalue weighted by molar-refractivity contribution is 0.0846. The van der Waals surface area contributed by atoms with Gasteiger partial charge in [-0.3, -0.25) is 20.4 Å². The number of hydrogen-bond donors (Lipinski definition) is 4. The first-order valence-corrected chi connectivity index (χ1v) is 8.76. The maximum absolute atomic E-state index is 12.3. The summed E-state index contributed by atoms with van der Waals surface area (Å²) in [7, 11) is 0. The Kier molecular flexibility index (Phi) is 4.71. The minimum absolute atomic E-state index is 0.111. The molecule has 0 saturated heterocycles. The second-order valence-corrected chi connectivity index (χ2v) is 6.43. The first kappa shape index (κ1) is 17.7. The number of rotatable bonds is 4. The van der Waals surface area contributed by atoms with Gasteiger partial charge in [0.2, 0.25) is 6.79 Å². The van der Waals surface area contributed by atoms with Crippen LogP contribution in [0, 0.1) is 0 Å². The van der Waals surface area contributed by atoms with E-state index in [1.165, 1.54) is 12.1 Å². The smallest absolute Gasteiger partial charge is 0.319 e. The lowest BCUT2D eigenvalue weighted by Gasteiger charge is -2.10. The van der Waals surface area contributed by atoms with Gasteiger partial charge in [0, 0.05) is 22.9 Å². The molecule has 2 aromatic carbocycles. The molecule has 4 rings (SSSR count). The molecule has 1 aliphatic heterocycles. The van der Waals surface area contributed by atoms with E-state index in [0.29, 0.717) is 22.7 Å². The first-order chi connectivity index (χ1) is 13.6. The molecule has 0 unspecified atom stereocenters. The van der Waals surface area contributed by atoms with E-state index in [4.69, 9.17) is 9.47 Å². The van der Waals surface area contributed by atoms with Gasteiger partial charge in [-0.1, -0.05) is 6.07 Å². The highest BCUT2D eigenvalue weighted by molar-refractivity contribution is 6.00. The van der Waals surface area contributed by atoms with Gasteiger partial charge in [0.05, 0.1) is 0 Å². The molecule has 1 saturated carbocycles. The van der Waals surface area contributed by atoms with Gasteiger partial charge in [-0.2, -0.15) is 0 Å². The number of ether oxygens (including phenoxy) is 2. The Morgan fingerprint density at radius 1 is 0.857 bits per heavy atom. The van der Waals surface area contributed by atoms with Crippen molar-refractivity contribution < 1.29 is 23.9 Å². The Bertz CT molecular complexity index is 942. The summed E-state index contributed by atoms with van der Waals surface area (Å²) in [6, 6.07) is 11.1. The van der Waals surface area contributed by atoms with Crippen molar-refractivity contribution in [3.8, 4) is 11.5 Å². The molecule has 9 heteroatoms. The monoisotopic (exact) mass is 382 g/mol. The third-order valence-corrected chi connectivity index (χ3v) is 4.22. The highest BCUT2D eigenvalue weighted by Crippen LogP contribution is 2.32. The molecule has 0 bridgehead atoms. The van der Waals surface area contributed by atoms with Crippen LogP contribution in [0.25, 0.3) is 0 Å². The maximum Gasteiger partial charge on any atom is 0.319 e. The van der Waals surface area contributed by atoms with Crippen molar-refractivity contribution in [3.63, 3.8) is 0 Å². The maximum atomic E-state index is 12.3. The third kappa shape index (κ3) is 4.14. The van der Waals surface area contributed by atoms with E-state index in [-0.39, 0.29) is 24.4 Å². The molecule has 144 valence electrons. The van der Waals surface area contributed by atoms with Crippen LogP contribution in [0.4, 0.5) is 10.5 Å². The standard InChI is InChI=1S/C19H18N4O5/c24-17(11-2-1-3-14(8-11)21-19(26)20-13-5-6-13)22-23-18(25)12-4-7-15-16(9-12)28-10-27-15/h1-4,7-9,13H,5-6,10H2,(H,22,24)(H,23,25)(H2,20,21,26). The predicted molar refractivity (Wildman–Crippen MR) is 99.1 cm³/mol. The first-order valence-electron chi connectivity index (χ1n) is 8.76. The number of benzene rings is 2. The fourth-order valence-electron chi connectivity index (χ4n) is 2.61. The van der Waals surface area contributed by atoms with Crippen molar-refractivity contribution in [2.75, 3.05) is 12.1 Å². The van der Waals surface area contributed by atoms with E-state index in [0.717, 1.165) is 12.8 Å². The summed E-state index contributed by atoms with van der Waals surface area (Å²) >= 11 is 0. The highest BCUT2D eigenvalue weighted by atomic mass is 16.7. The lowest BCUT2D eigenvalue weighted by Crippen LogP contribution is -2.41. The molecular weight excluding hydrogens is 364 g/mol. The second-order valence-electron chi connectivity index (χ2n) is 6.43. The minimum Gasteiger partial charge on any atom is -0.454 e. The molecule has 2 aliphatic rings. The molecule has 1 fully saturated rings. The van der Waals surface area contributed by atoms with Crippen molar-refractivity contribution >= 4 is 23.5 Å². The van der Waals surface area contributed by atoms with Gasteiger partial charge in [-0.25, -0.2) is 4.79 Å². The van der Waals surface area contributed by atoms with Crippen molar-refractivity contribution in [1.29, 1.82) is 0 Å². The number of fused-ring (bicyclic) bond motifs is 1. The molecule has 0 radical (unpaired) electrons. The van der Waals surface area contributed by atoms with Gasteiger partial charge in [0.1, 0.15) is 0 Å². The van der Waals surface area contributed by atoms with E-state index < -0.39 is 11.8 Å². The second kappa shape index (κ2) is 7.47. The number of hydrogen-bond acceptors (Lipinski definition) is 5. The summed E-state index contributed by atoms with van der Waals surface area (Å²) in [5.41, 5.74) is 5.78. The van der Waals surface area contributed by atoms with E-state index in [2.05, 4.69) is 21.5 Å². The fraction of sp³-hybridized carbons (Fsp3) is 0.211. The third-order valence-electron chi connectivity index (χ3n) is 4.22. The highest BCUT2D eigenvalue weighted by Gasteiger charge is 2.23. The number of hydrazine groups is 1. The van der Waals surface area contributed by atoms with Gasteiger partial charge in [-0.15, -0.1) is 0 Å². The van der Waals surface area contributed by atoms with E-state index in [1.54, 1.807) is 30.3 Å². The molecule has 1 heterocycles. The summed E-state index contributed by atoms with van der Waals surface area (Å²) in [5.74, 6) is 0.0305. The summed E-state index contributed by atoms with van der Waals surface area (Å²) < 4.78 is 10.4. The fourth-order valence-corrected chi connectivity index (χ4v) is 2.61. The summed E-state index contributed by atoms with van der Waals surface area (Å²) in [4.78, 5) is 36.3. The molecular formula is C19H18N4O5. The SMILES string of the molecule is O=C(Nc1cccc(C(=O)NNC(=O)c2ccc3c(c2)OCO3)c1)NC1CC1. The average molecular weight is 382 g/mol. The van der Waals surface area contributed by atoms with Crippen LogP contribution >= 0.6 is 0 Å². The van der Waals surface area contributed by atoms with Crippen LogP contribution < -0.4 is 31.0 Å². The van der Waals surface area contributed by atoms with Gasteiger partial charge in [-0.05, 0) is 49.2 Å². The number of amides is 4. The number of carbonyl (C=O) groups is 3. The Balaban J connectivity index is 1.33. The van der Waals surface area contributed by atoms with Crippen LogP contribution in [0.5, 0.6) is 11.5 Å². The van der Waals surface area contributed by atoms with Crippen LogP contribution in [-0.4, -0.2) is 30.7 Å². The molecule has 0 atom stereocenters. The van der Waals surface area contributed by atoms with Crippen LogP contribution in [0.3, 0.4) is 0 Å². The van der Waals surface area contributed by atoms with Gasteiger partial charge in [0.15, 0.2) is 11.5 Å². The molecule has 0 aromatic heterocycles. The summed E-state index contributed by atoms with van der Waals surface area (Å²) in [6.45, 7) is 0.111. The number of carbonyl (C=O) groups excluding carboxylic acids is 3. The van der Waals surface area contributed by atoms with Gasteiger partial charge >= 0.3 is 6.03 Å². The van der Waals surface area contributed by atoms with Crippen molar-refractivity contribution in [2.24, 2.45) is 0 Å². The number of nitrogens with one attached hydrogen (secondary N) is 4. The Hall–Kier alpha value is -3.75. The van der Waals surface area contributed by atoms with Crippen LogP contribution in [0.15, 0.2) is 42.5 Å². The van der Waals surface area contributed by atoms with Crippen molar-refractivity contribution in [3.05, 3.63) is 53.6 Å². The van der Waals surface area contributed by atoms with Crippen LogP contribution in [-0.2, 0) is 0 Å². The predicted octanol–water partition coefficient (Wildman–Crippen LogP) is 1.77. The topological polar surface area (TPSA) is 118 Å². The van der Waals surface area contributed by atoms with Gasteiger partial charge < -0.3 is 20.1 Å². The van der Waals surface area contributed by atoms with Gasteiger partial charge in [0.25, 0.3) is 11.8 Å². The molecule has 28 heavy (non-hydrogen) atoms. The molecule has 0 spiro atoms. The van der Waals surface area contributed by atoms with Crippen molar-refractivity contribution in [2.45, 2.75) is 18.9 Å². The molecule has 4 N–H and O–H groups in total. The zero-order valence-corrected chi connectivity index (χ0v) is 14.8. The number of urea groups is 1. The zero-order chi connectivity index (χ0) is 19.5. The lowest BCUT2D eigenvalue weighted by atomic mass is 10.2. The molecule has 2 aromatic rings. The molecule has 9 nitrogen and oxygen atoms in total.